The van der Waals surface area contributed by atoms with Gasteiger partial charge in [-0.25, -0.2) is 0 Å². The summed E-state index contributed by atoms with van der Waals surface area (Å²) in [5.74, 6) is 0.165. The van der Waals surface area contributed by atoms with Crippen LogP contribution in [-0.2, 0) is 0 Å². The van der Waals surface area contributed by atoms with Gasteiger partial charge in [0.2, 0.25) is 0 Å². The lowest BCUT2D eigenvalue weighted by Gasteiger charge is -1.99. The van der Waals surface area contributed by atoms with E-state index >= 15 is 0 Å². The summed E-state index contributed by atoms with van der Waals surface area (Å²) in [5, 5.41) is 0. The van der Waals surface area contributed by atoms with E-state index in [0.717, 1.165) is 16.5 Å². The molecule has 0 heterocycles. The molecular formula is C10H12BrNO. The highest BCUT2D eigenvalue weighted by molar-refractivity contribution is 9.10. The summed E-state index contributed by atoms with van der Waals surface area (Å²) >= 11 is 3.32. The van der Waals surface area contributed by atoms with Crippen molar-refractivity contribution in [1.82, 2.24) is 0 Å². The van der Waals surface area contributed by atoms with E-state index in [1.807, 2.05) is 24.3 Å². The Kier molecular flexibility index (Phi) is 4.12. The third kappa shape index (κ3) is 3.28. The minimum Gasteiger partial charge on any atom is -0.330 e. The Morgan fingerprint density at radius 3 is 2.46 bits per heavy atom. The van der Waals surface area contributed by atoms with Crippen LogP contribution in [0.1, 0.15) is 23.2 Å². The maximum absolute atomic E-state index is 11.4. The van der Waals surface area contributed by atoms with Crippen molar-refractivity contribution in [1.29, 1.82) is 0 Å². The second kappa shape index (κ2) is 5.14. The van der Waals surface area contributed by atoms with Crippen molar-refractivity contribution < 1.29 is 4.79 Å². The molecule has 13 heavy (non-hydrogen) atoms. The summed E-state index contributed by atoms with van der Waals surface area (Å²) in [7, 11) is 0. The summed E-state index contributed by atoms with van der Waals surface area (Å²) in [6.45, 7) is 0.572. The minimum atomic E-state index is 0.165. The van der Waals surface area contributed by atoms with Crippen LogP contribution in [-0.4, -0.2) is 12.3 Å². The summed E-state index contributed by atoms with van der Waals surface area (Å²) in [6, 6.07) is 7.39. The number of rotatable bonds is 4. The quantitative estimate of drug-likeness (QED) is 0.823. The van der Waals surface area contributed by atoms with Crippen LogP contribution < -0.4 is 5.73 Å². The van der Waals surface area contributed by atoms with E-state index < -0.39 is 0 Å². The van der Waals surface area contributed by atoms with Crippen LogP contribution >= 0.6 is 15.9 Å². The van der Waals surface area contributed by atoms with Gasteiger partial charge in [0.15, 0.2) is 5.78 Å². The Hall–Kier alpha value is -0.670. The molecule has 1 rings (SSSR count). The highest BCUT2D eigenvalue weighted by Crippen LogP contribution is 2.12. The van der Waals surface area contributed by atoms with E-state index in [9.17, 15) is 4.79 Å². The molecule has 0 amide bonds. The molecule has 0 radical (unpaired) electrons. The van der Waals surface area contributed by atoms with Gasteiger partial charge < -0.3 is 5.73 Å². The first-order valence-electron chi connectivity index (χ1n) is 4.23. The van der Waals surface area contributed by atoms with E-state index in [0.29, 0.717) is 13.0 Å². The fourth-order valence-electron chi connectivity index (χ4n) is 1.04. The van der Waals surface area contributed by atoms with Gasteiger partial charge in [-0.3, -0.25) is 4.79 Å². The zero-order valence-electron chi connectivity index (χ0n) is 7.29. The molecule has 0 saturated carbocycles. The van der Waals surface area contributed by atoms with E-state index in [2.05, 4.69) is 15.9 Å². The first-order chi connectivity index (χ1) is 6.24. The van der Waals surface area contributed by atoms with Gasteiger partial charge in [0.05, 0.1) is 0 Å². The molecule has 1 aromatic carbocycles. The van der Waals surface area contributed by atoms with Gasteiger partial charge in [-0.1, -0.05) is 28.1 Å². The van der Waals surface area contributed by atoms with Crippen molar-refractivity contribution in [3.05, 3.63) is 34.3 Å². The Labute approximate surface area is 86.3 Å². The van der Waals surface area contributed by atoms with Crippen molar-refractivity contribution in [3.8, 4) is 0 Å². The van der Waals surface area contributed by atoms with E-state index in [1.54, 1.807) is 0 Å². The van der Waals surface area contributed by atoms with Gasteiger partial charge in [-0.05, 0) is 25.1 Å². The summed E-state index contributed by atoms with van der Waals surface area (Å²) in [4.78, 5) is 11.4. The standard InChI is InChI=1S/C10H12BrNO/c11-9-5-3-8(4-6-9)10(13)2-1-7-12/h3-6H,1-2,7,12H2. The Morgan fingerprint density at radius 2 is 1.92 bits per heavy atom. The second-order valence-corrected chi connectivity index (χ2v) is 3.74. The maximum atomic E-state index is 11.4. The summed E-state index contributed by atoms with van der Waals surface area (Å²) in [6.07, 6.45) is 1.30. The molecular weight excluding hydrogens is 230 g/mol. The van der Waals surface area contributed by atoms with Crippen LogP contribution in [0.25, 0.3) is 0 Å². The lowest BCUT2D eigenvalue weighted by molar-refractivity contribution is 0.0981. The molecule has 0 aliphatic heterocycles. The van der Waals surface area contributed by atoms with Crippen LogP contribution in [0.3, 0.4) is 0 Å². The average molecular weight is 242 g/mol. The van der Waals surface area contributed by atoms with Gasteiger partial charge in [0.25, 0.3) is 0 Å². The Balaban J connectivity index is 2.61. The van der Waals surface area contributed by atoms with E-state index in [-0.39, 0.29) is 5.78 Å². The van der Waals surface area contributed by atoms with Crippen molar-refractivity contribution in [2.75, 3.05) is 6.54 Å². The molecule has 0 bridgehead atoms. The summed E-state index contributed by atoms with van der Waals surface area (Å²) in [5.41, 5.74) is 6.08. The van der Waals surface area contributed by atoms with Crippen LogP contribution in [0.4, 0.5) is 0 Å². The predicted octanol–water partition coefficient (Wildman–Crippen LogP) is 2.37. The van der Waals surface area contributed by atoms with E-state index in [4.69, 9.17) is 5.73 Å². The zero-order chi connectivity index (χ0) is 9.68. The van der Waals surface area contributed by atoms with Crippen molar-refractivity contribution in [3.63, 3.8) is 0 Å². The minimum absolute atomic E-state index is 0.165. The molecule has 0 spiro atoms. The molecule has 0 aliphatic carbocycles. The fraction of sp³-hybridized carbons (Fsp3) is 0.300. The zero-order valence-corrected chi connectivity index (χ0v) is 8.88. The number of Topliss-reactive ketones (excluding diaryl/α,β-unsaturated/α-hetero) is 1. The predicted molar refractivity (Wildman–Crippen MR) is 56.8 cm³/mol. The van der Waals surface area contributed by atoms with Gasteiger partial charge >= 0.3 is 0 Å². The van der Waals surface area contributed by atoms with Crippen molar-refractivity contribution in [2.45, 2.75) is 12.8 Å². The molecule has 1 aromatic rings. The number of hydrogen-bond donors (Lipinski definition) is 1. The number of carbonyl (C=O) groups is 1. The molecule has 0 atom stereocenters. The Bertz CT molecular complexity index is 281. The summed E-state index contributed by atoms with van der Waals surface area (Å²) < 4.78 is 0.989. The van der Waals surface area contributed by atoms with Gasteiger partial charge in [-0.15, -0.1) is 0 Å². The van der Waals surface area contributed by atoms with Crippen molar-refractivity contribution in [2.24, 2.45) is 5.73 Å². The third-order valence-electron chi connectivity index (χ3n) is 1.77. The molecule has 3 heteroatoms. The number of benzene rings is 1. The molecule has 0 aliphatic rings. The molecule has 70 valence electrons. The number of carbonyl (C=O) groups excluding carboxylic acids is 1. The normalized spacial score (nSPS) is 10.0. The number of halogens is 1. The first kappa shape index (κ1) is 10.4. The topological polar surface area (TPSA) is 43.1 Å². The number of hydrogen-bond acceptors (Lipinski definition) is 2. The average Bonchev–Trinajstić information content (AvgIpc) is 2.15. The largest absolute Gasteiger partial charge is 0.330 e. The molecule has 2 N–H and O–H groups in total. The molecule has 2 nitrogen and oxygen atoms in total. The third-order valence-corrected chi connectivity index (χ3v) is 2.30. The van der Waals surface area contributed by atoms with Crippen LogP contribution in [0, 0.1) is 0 Å². The number of ketones is 1. The van der Waals surface area contributed by atoms with Gasteiger partial charge in [0, 0.05) is 16.5 Å². The van der Waals surface area contributed by atoms with Gasteiger partial charge in [-0.2, -0.15) is 0 Å². The molecule has 0 aromatic heterocycles. The van der Waals surface area contributed by atoms with Crippen LogP contribution in [0.5, 0.6) is 0 Å². The Morgan fingerprint density at radius 1 is 1.31 bits per heavy atom. The molecule has 0 saturated heterocycles. The lowest BCUT2D eigenvalue weighted by atomic mass is 10.1. The fourth-order valence-corrected chi connectivity index (χ4v) is 1.31. The number of nitrogens with two attached hydrogens (primary N) is 1. The van der Waals surface area contributed by atoms with Crippen molar-refractivity contribution >= 4 is 21.7 Å². The second-order valence-electron chi connectivity index (χ2n) is 2.82. The smallest absolute Gasteiger partial charge is 0.162 e. The molecule has 0 fully saturated rings. The highest BCUT2D eigenvalue weighted by Gasteiger charge is 2.03. The molecule has 0 unspecified atom stereocenters. The van der Waals surface area contributed by atoms with E-state index in [1.165, 1.54) is 0 Å². The maximum Gasteiger partial charge on any atom is 0.162 e. The first-order valence-corrected chi connectivity index (χ1v) is 5.02. The van der Waals surface area contributed by atoms with Crippen LogP contribution in [0.15, 0.2) is 28.7 Å². The SMILES string of the molecule is NCCCC(=O)c1ccc(Br)cc1. The highest BCUT2D eigenvalue weighted by atomic mass is 79.9. The van der Waals surface area contributed by atoms with Gasteiger partial charge in [0.1, 0.15) is 0 Å². The monoisotopic (exact) mass is 241 g/mol. The van der Waals surface area contributed by atoms with Crippen LogP contribution in [0.2, 0.25) is 0 Å². The lowest BCUT2D eigenvalue weighted by Crippen LogP contribution is -2.04.